The van der Waals surface area contributed by atoms with Crippen molar-refractivity contribution in [1.82, 2.24) is 14.2 Å². The maximum Gasteiger partial charge on any atom is 0.260 e. The molecular weight excluding hydrogens is 560 g/mol. The number of aromatic nitrogens is 1. The van der Waals surface area contributed by atoms with E-state index in [0.717, 1.165) is 36.0 Å². The Kier molecular flexibility index (Phi) is 11.1. The molecule has 0 N–H and O–H groups in total. The van der Waals surface area contributed by atoms with Gasteiger partial charge in [0.15, 0.2) is 5.13 Å². The van der Waals surface area contributed by atoms with Gasteiger partial charge in [0, 0.05) is 32.3 Å². The number of benzene rings is 2. The molecule has 214 valence electrons. The maximum absolute atomic E-state index is 13.7. The van der Waals surface area contributed by atoms with Crippen LogP contribution in [0.5, 0.6) is 5.75 Å². The first kappa shape index (κ1) is 31.3. The molecule has 0 aliphatic carbocycles. The van der Waals surface area contributed by atoms with E-state index in [1.54, 1.807) is 24.1 Å². The number of likely N-dealkylation sites (N-methyl/N-ethyl adjacent to an activating group) is 1. The number of thiazole rings is 1. The molecule has 3 aromatic rings. The fourth-order valence-corrected chi connectivity index (χ4v) is 6.62. The molecule has 1 fully saturated rings. The monoisotopic (exact) mass is 595 g/mol. The van der Waals surface area contributed by atoms with Crippen LogP contribution < -0.4 is 22.0 Å². The van der Waals surface area contributed by atoms with Gasteiger partial charge in [-0.05, 0) is 83.2 Å². The van der Waals surface area contributed by atoms with Crippen LogP contribution in [-0.2, 0) is 14.8 Å². The standard InChI is InChI=1S/C27H36N4O5S2.ClH/c1-5-35-23-10-6-11-24-25(23)28-27(37-24)31(17-8-16-29(2)3)26(32)20-12-14-22(15-13-20)38(33,34)30(4)19-21-9-7-18-36-21;/h6,10-15,21H,5,7-9,16-19H2,1-4H3;1H/p-1. The van der Waals surface area contributed by atoms with Crippen LogP contribution in [0.2, 0.25) is 0 Å². The van der Waals surface area contributed by atoms with Crippen molar-refractivity contribution in [2.24, 2.45) is 0 Å². The normalized spacial score (nSPS) is 15.6. The van der Waals surface area contributed by atoms with Crippen LogP contribution in [-0.4, -0.2) is 88.6 Å². The highest BCUT2D eigenvalue weighted by molar-refractivity contribution is 7.89. The minimum atomic E-state index is -3.69. The Labute approximate surface area is 241 Å². The quantitative estimate of drug-likeness (QED) is 0.310. The third-order valence-electron chi connectivity index (χ3n) is 6.43. The Balaban J connectivity index is 0.00000420. The van der Waals surface area contributed by atoms with E-state index >= 15 is 0 Å². The summed E-state index contributed by atoms with van der Waals surface area (Å²) in [5.41, 5.74) is 1.13. The van der Waals surface area contributed by atoms with Crippen molar-refractivity contribution < 1.29 is 35.1 Å². The van der Waals surface area contributed by atoms with E-state index in [-0.39, 0.29) is 29.3 Å². The molecule has 9 nitrogen and oxygen atoms in total. The highest BCUT2D eigenvalue weighted by Gasteiger charge is 2.27. The van der Waals surface area contributed by atoms with E-state index < -0.39 is 10.0 Å². The molecule has 39 heavy (non-hydrogen) atoms. The highest BCUT2D eigenvalue weighted by atomic mass is 35.5. The van der Waals surface area contributed by atoms with Gasteiger partial charge in [-0.15, -0.1) is 0 Å². The Hall–Kier alpha value is -2.28. The number of nitrogens with zero attached hydrogens (tertiary/aromatic N) is 4. The average Bonchev–Trinajstić information content (AvgIpc) is 3.57. The van der Waals surface area contributed by atoms with E-state index in [4.69, 9.17) is 14.5 Å². The predicted molar refractivity (Wildman–Crippen MR) is 151 cm³/mol. The molecule has 1 aliphatic heterocycles. The second-order valence-electron chi connectivity index (χ2n) is 9.59. The zero-order valence-corrected chi connectivity index (χ0v) is 25.2. The Bertz CT molecular complexity index is 1340. The van der Waals surface area contributed by atoms with Crippen LogP contribution in [0.15, 0.2) is 47.4 Å². The van der Waals surface area contributed by atoms with Crippen molar-refractivity contribution >= 4 is 42.6 Å². The van der Waals surface area contributed by atoms with Crippen molar-refractivity contribution in [3.05, 3.63) is 48.0 Å². The number of amides is 1. The van der Waals surface area contributed by atoms with Crippen molar-refractivity contribution in [3.63, 3.8) is 0 Å². The fraction of sp³-hybridized carbons (Fsp3) is 0.481. The average molecular weight is 596 g/mol. The van der Waals surface area contributed by atoms with Gasteiger partial charge in [0.1, 0.15) is 11.3 Å². The second-order valence-corrected chi connectivity index (χ2v) is 12.6. The maximum atomic E-state index is 13.7. The molecule has 4 rings (SSSR count). The molecule has 1 atom stereocenters. The largest absolute Gasteiger partial charge is 1.00 e. The zero-order chi connectivity index (χ0) is 27.3. The van der Waals surface area contributed by atoms with E-state index in [9.17, 15) is 13.2 Å². The SMILES string of the molecule is CCOc1cccc2sc(N(CCCN(C)C)C(=O)c3ccc(S(=O)(=O)N(C)CC4CCCO4)cc3)nc12.[Cl-]. The van der Waals surface area contributed by atoms with Crippen molar-refractivity contribution in [1.29, 1.82) is 0 Å². The Morgan fingerprint density at radius 1 is 1.13 bits per heavy atom. The number of anilines is 1. The molecule has 1 saturated heterocycles. The molecule has 1 amide bonds. The fourth-order valence-electron chi connectivity index (χ4n) is 4.41. The number of carbonyl (C=O) groups excluding carboxylic acids is 1. The molecule has 0 saturated carbocycles. The lowest BCUT2D eigenvalue weighted by Crippen LogP contribution is -3.00. The smallest absolute Gasteiger partial charge is 0.260 e. The number of rotatable bonds is 12. The first-order chi connectivity index (χ1) is 18.2. The summed E-state index contributed by atoms with van der Waals surface area (Å²) in [4.78, 5) is 22.4. The third kappa shape index (κ3) is 7.47. The van der Waals surface area contributed by atoms with Gasteiger partial charge in [0.25, 0.3) is 5.91 Å². The molecule has 2 heterocycles. The summed E-state index contributed by atoms with van der Waals surface area (Å²) in [7, 11) is 1.85. The number of halogens is 1. The number of carbonyl (C=O) groups is 1. The van der Waals surface area contributed by atoms with Crippen LogP contribution in [0.1, 0.15) is 36.5 Å². The first-order valence-corrected chi connectivity index (χ1v) is 15.1. The van der Waals surface area contributed by atoms with Crippen LogP contribution >= 0.6 is 11.3 Å². The molecule has 0 bridgehead atoms. The Morgan fingerprint density at radius 3 is 2.51 bits per heavy atom. The van der Waals surface area contributed by atoms with Crippen molar-refractivity contribution in [2.75, 3.05) is 58.9 Å². The molecule has 1 aromatic heterocycles. The number of hydrogen-bond donors (Lipinski definition) is 0. The summed E-state index contributed by atoms with van der Waals surface area (Å²) >= 11 is 1.44. The van der Waals surface area contributed by atoms with Crippen LogP contribution in [0.3, 0.4) is 0 Å². The van der Waals surface area contributed by atoms with E-state index in [2.05, 4.69) is 4.90 Å². The lowest BCUT2D eigenvalue weighted by atomic mass is 10.2. The predicted octanol–water partition coefficient (Wildman–Crippen LogP) is 1.10. The summed E-state index contributed by atoms with van der Waals surface area (Å²) in [6.07, 6.45) is 2.48. The van der Waals surface area contributed by atoms with E-state index in [1.165, 1.54) is 27.8 Å². The van der Waals surface area contributed by atoms with Gasteiger partial charge in [0.05, 0.1) is 22.3 Å². The lowest BCUT2D eigenvalue weighted by Gasteiger charge is -2.22. The van der Waals surface area contributed by atoms with Gasteiger partial charge in [0.2, 0.25) is 10.0 Å². The van der Waals surface area contributed by atoms with E-state index in [0.29, 0.717) is 42.7 Å². The summed E-state index contributed by atoms with van der Waals surface area (Å²) < 4.78 is 39.8. The number of sulfonamides is 1. The Morgan fingerprint density at radius 2 is 1.87 bits per heavy atom. The topological polar surface area (TPSA) is 92.3 Å². The third-order valence-corrected chi connectivity index (χ3v) is 9.31. The lowest BCUT2D eigenvalue weighted by molar-refractivity contribution is -0.0000193. The molecule has 1 unspecified atom stereocenters. The summed E-state index contributed by atoms with van der Waals surface area (Å²) in [5.74, 6) is 0.465. The number of ether oxygens (including phenoxy) is 2. The number of fused-ring (bicyclic) bond motifs is 1. The molecule has 12 heteroatoms. The molecular formula is C27H36ClN4O5S2-. The first-order valence-electron chi connectivity index (χ1n) is 12.9. The van der Waals surface area contributed by atoms with E-state index in [1.807, 2.05) is 39.2 Å². The molecule has 1 aliphatic rings. The van der Waals surface area contributed by atoms with Gasteiger partial charge in [-0.2, -0.15) is 4.31 Å². The van der Waals surface area contributed by atoms with Crippen molar-refractivity contribution in [3.8, 4) is 5.75 Å². The molecule has 0 spiro atoms. The summed E-state index contributed by atoms with van der Waals surface area (Å²) in [6, 6.07) is 11.9. The summed E-state index contributed by atoms with van der Waals surface area (Å²) in [5, 5.41) is 0.587. The minimum Gasteiger partial charge on any atom is -1.00 e. The number of para-hydroxylation sites is 1. The highest BCUT2D eigenvalue weighted by Crippen LogP contribution is 2.35. The minimum absolute atomic E-state index is 0. The van der Waals surface area contributed by atoms with Gasteiger partial charge >= 0.3 is 0 Å². The molecule has 2 aromatic carbocycles. The van der Waals surface area contributed by atoms with Crippen molar-refractivity contribution in [2.45, 2.75) is 37.2 Å². The van der Waals surface area contributed by atoms with Gasteiger partial charge < -0.3 is 26.8 Å². The summed E-state index contributed by atoms with van der Waals surface area (Å²) in [6.45, 7) is 4.72. The molecule has 0 radical (unpaired) electrons. The van der Waals surface area contributed by atoms with Crippen LogP contribution in [0.4, 0.5) is 5.13 Å². The second kappa shape index (κ2) is 13.9. The van der Waals surface area contributed by atoms with Crippen LogP contribution in [0, 0.1) is 0 Å². The zero-order valence-electron chi connectivity index (χ0n) is 22.8. The van der Waals surface area contributed by atoms with Gasteiger partial charge in [-0.25, -0.2) is 13.4 Å². The van der Waals surface area contributed by atoms with Crippen LogP contribution in [0.25, 0.3) is 10.2 Å². The van der Waals surface area contributed by atoms with Gasteiger partial charge in [-0.1, -0.05) is 17.4 Å². The van der Waals surface area contributed by atoms with Gasteiger partial charge in [-0.3, -0.25) is 9.69 Å². The number of hydrogen-bond acceptors (Lipinski definition) is 8.